The van der Waals surface area contributed by atoms with Crippen LogP contribution in [0.3, 0.4) is 0 Å². The van der Waals surface area contributed by atoms with Crippen molar-refractivity contribution in [1.82, 2.24) is 9.97 Å². The summed E-state index contributed by atoms with van der Waals surface area (Å²) in [6.07, 6.45) is 4.85. The summed E-state index contributed by atoms with van der Waals surface area (Å²) in [7, 11) is 1.81. The van der Waals surface area contributed by atoms with E-state index in [2.05, 4.69) is 20.6 Å². The lowest BCUT2D eigenvalue weighted by atomic mass is 10.1. The fraction of sp³-hybridized carbons (Fsp3) is 0.0625. The summed E-state index contributed by atoms with van der Waals surface area (Å²) in [5.74, 6) is 0.554. The zero-order chi connectivity index (χ0) is 14.7. The molecule has 5 heteroatoms. The van der Waals surface area contributed by atoms with E-state index in [0.717, 1.165) is 16.6 Å². The standard InChI is InChI=1S/C16H14N4O/c1-17-15-13-7-3-2-6-12(13)14(10-19-15)16(21)20-11-5-4-8-18-9-11/h2-10H,1H3,(H,17,19)(H,20,21). The van der Waals surface area contributed by atoms with Crippen LogP contribution in [0.2, 0.25) is 0 Å². The molecule has 2 heterocycles. The van der Waals surface area contributed by atoms with E-state index in [1.165, 1.54) is 0 Å². The van der Waals surface area contributed by atoms with Gasteiger partial charge in [-0.3, -0.25) is 9.78 Å². The molecule has 3 rings (SSSR count). The van der Waals surface area contributed by atoms with Crippen molar-refractivity contribution in [2.45, 2.75) is 0 Å². The van der Waals surface area contributed by atoms with Crippen molar-refractivity contribution in [3.05, 3.63) is 60.6 Å². The van der Waals surface area contributed by atoms with Crippen molar-refractivity contribution in [3.63, 3.8) is 0 Å². The SMILES string of the molecule is CNc1ncc(C(=O)Nc2cccnc2)c2ccccc12. The third kappa shape index (κ3) is 2.53. The van der Waals surface area contributed by atoms with Crippen LogP contribution >= 0.6 is 0 Å². The molecule has 0 atom stereocenters. The Hall–Kier alpha value is -2.95. The maximum absolute atomic E-state index is 12.4. The molecular weight excluding hydrogens is 264 g/mol. The summed E-state index contributed by atoms with van der Waals surface area (Å²) in [5.41, 5.74) is 1.19. The first kappa shape index (κ1) is 13.1. The van der Waals surface area contributed by atoms with Crippen molar-refractivity contribution in [2.24, 2.45) is 0 Å². The van der Waals surface area contributed by atoms with Crippen LogP contribution in [0.1, 0.15) is 10.4 Å². The summed E-state index contributed by atoms with van der Waals surface area (Å²) in [6.45, 7) is 0. The molecule has 0 aliphatic heterocycles. The van der Waals surface area contributed by atoms with Crippen LogP contribution in [-0.4, -0.2) is 22.9 Å². The van der Waals surface area contributed by atoms with Crippen LogP contribution in [0.25, 0.3) is 10.8 Å². The zero-order valence-corrected chi connectivity index (χ0v) is 11.5. The van der Waals surface area contributed by atoms with E-state index in [1.807, 2.05) is 31.3 Å². The van der Waals surface area contributed by atoms with Crippen molar-refractivity contribution in [1.29, 1.82) is 0 Å². The van der Waals surface area contributed by atoms with Gasteiger partial charge in [0.15, 0.2) is 0 Å². The predicted octanol–water partition coefficient (Wildman–Crippen LogP) is 2.92. The van der Waals surface area contributed by atoms with Crippen LogP contribution in [0, 0.1) is 0 Å². The molecule has 0 fully saturated rings. The molecule has 0 aliphatic carbocycles. The number of rotatable bonds is 3. The Labute approximate surface area is 122 Å². The normalized spacial score (nSPS) is 10.3. The first-order valence-corrected chi connectivity index (χ1v) is 6.56. The van der Waals surface area contributed by atoms with Gasteiger partial charge < -0.3 is 10.6 Å². The highest BCUT2D eigenvalue weighted by Crippen LogP contribution is 2.24. The fourth-order valence-corrected chi connectivity index (χ4v) is 2.21. The Balaban J connectivity index is 2.03. The molecule has 1 aromatic carbocycles. The second kappa shape index (κ2) is 5.58. The monoisotopic (exact) mass is 278 g/mol. The minimum absolute atomic E-state index is 0.200. The van der Waals surface area contributed by atoms with E-state index in [4.69, 9.17) is 0 Å². The Kier molecular flexibility index (Phi) is 3.47. The fourth-order valence-electron chi connectivity index (χ4n) is 2.21. The molecule has 21 heavy (non-hydrogen) atoms. The number of hydrogen-bond acceptors (Lipinski definition) is 4. The van der Waals surface area contributed by atoms with Gasteiger partial charge in [-0.05, 0) is 17.5 Å². The number of nitrogens with one attached hydrogen (secondary N) is 2. The number of hydrogen-bond donors (Lipinski definition) is 2. The highest BCUT2D eigenvalue weighted by Gasteiger charge is 2.13. The number of benzene rings is 1. The van der Waals surface area contributed by atoms with Gasteiger partial charge in [-0.2, -0.15) is 0 Å². The Morgan fingerprint density at radius 2 is 1.86 bits per heavy atom. The number of amides is 1. The average molecular weight is 278 g/mol. The highest BCUT2D eigenvalue weighted by atomic mass is 16.1. The molecular formula is C16H14N4O. The largest absolute Gasteiger partial charge is 0.373 e. The predicted molar refractivity (Wildman–Crippen MR) is 83.5 cm³/mol. The number of fused-ring (bicyclic) bond motifs is 1. The molecule has 0 aliphatic rings. The Morgan fingerprint density at radius 3 is 2.57 bits per heavy atom. The van der Waals surface area contributed by atoms with Gasteiger partial charge in [0.2, 0.25) is 0 Å². The molecule has 5 nitrogen and oxygen atoms in total. The molecule has 2 N–H and O–H groups in total. The minimum Gasteiger partial charge on any atom is -0.373 e. The van der Waals surface area contributed by atoms with Crippen molar-refractivity contribution in [3.8, 4) is 0 Å². The number of carbonyl (C=O) groups excluding carboxylic acids is 1. The highest BCUT2D eigenvalue weighted by molar-refractivity contribution is 6.14. The molecule has 2 aromatic heterocycles. The van der Waals surface area contributed by atoms with Gasteiger partial charge in [0.25, 0.3) is 5.91 Å². The summed E-state index contributed by atoms with van der Waals surface area (Å²) in [5, 5.41) is 7.63. The number of anilines is 2. The third-order valence-corrected chi connectivity index (χ3v) is 3.20. The molecule has 104 valence electrons. The lowest BCUT2D eigenvalue weighted by Crippen LogP contribution is -2.13. The van der Waals surface area contributed by atoms with Crippen molar-refractivity contribution < 1.29 is 4.79 Å². The topological polar surface area (TPSA) is 66.9 Å². The van der Waals surface area contributed by atoms with E-state index in [-0.39, 0.29) is 5.91 Å². The summed E-state index contributed by atoms with van der Waals surface area (Å²) < 4.78 is 0. The molecule has 0 bridgehead atoms. The molecule has 1 amide bonds. The van der Waals surface area contributed by atoms with Crippen LogP contribution in [0.15, 0.2) is 55.0 Å². The first-order chi connectivity index (χ1) is 10.3. The van der Waals surface area contributed by atoms with Crippen molar-refractivity contribution >= 4 is 28.2 Å². The quantitative estimate of drug-likeness (QED) is 0.773. The lowest BCUT2D eigenvalue weighted by Gasteiger charge is -2.10. The van der Waals surface area contributed by atoms with E-state index in [1.54, 1.807) is 30.7 Å². The van der Waals surface area contributed by atoms with Gasteiger partial charge in [0, 0.05) is 24.8 Å². The van der Waals surface area contributed by atoms with Crippen LogP contribution in [0.5, 0.6) is 0 Å². The van der Waals surface area contributed by atoms with Gasteiger partial charge in [-0.25, -0.2) is 4.98 Å². The zero-order valence-electron chi connectivity index (χ0n) is 11.5. The molecule has 0 spiro atoms. The van der Waals surface area contributed by atoms with E-state index in [0.29, 0.717) is 11.3 Å². The van der Waals surface area contributed by atoms with Crippen LogP contribution < -0.4 is 10.6 Å². The molecule has 0 saturated carbocycles. The van der Waals surface area contributed by atoms with Gasteiger partial charge in [-0.15, -0.1) is 0 Å². The van der Waals surface area contributed by atoms with Crippen molar-refractivity contribution in [2.75, 3.05) is 17.7 Å². The molecule has 0 radical (unpaired) electrons. The van der Waals surface area contributed by atoms with Crippen LogP contribution in [0.4, 0.5) is 11.5 Å². The van der Waals surface area contributed by atoms with E-state index < -0.39 is 0 Å². The van der Waals surface area contributed by atoms with Gasteiger partial charge in [0.1, 0.15) is 5.82 Å². The van der Waals surface area contributed by atoms with Gasteiger partial charge in [-0.1, -0.05) is 24.3 Å². The average Bonchev–Trinajstić information content (AvgIpc) is 2.54. The van der Waals surface area contributed by atoms with Crippen LogP contribution in [-0.2, 0) is 0 Å². The van der Waals surface area contributed by atoms with E-state index in [9.17, 15) is 4.79 Å². The summed E-state index contributed by atoms with van der Waals surface area (Å²) in [6, 6.07) is 11.2. The minimum atomic E-state index is -0.200. The molecule has 3 aromatic rings. The third-order valence-electron chi connectivity index (χ3n) is 3.20. The maximum atomic E-state index is 12.4. The summed E-state index contributed by atoms with van der Waals surface area (Å²) in [4.78, 5) is 20.7. The number of nitrogens with zero attached hydrogens (tertiary/aromatic N) is 2. The second-order valence-electron chi connectivity index (χ2n) is 4.51. The smallest absolute Gasteiger partial charge is 0.257 e. The number of pyridine rings is 2. The first-order valence-electron chi connectivity index (χ1n) is 6.56. The maximum Gasteiger partial charge on any atom is 0.257 e. The van der Waals surface area contributed by atoms with Gasteiger partial charge in [0.05, 0.1) is 17.4 Å². The number of aromatic nitrogens is 2. The lowest BCUT2D eigenvalue weighted by molar-refractivity contribution is 0.102. The Morgan fingerprint density at radius 1 is 1.05 bits per heavy atom. The Bertz CT molecular complexity index is 787. The summed E-state index contributed by atoms with van der Waals surface area (Å²) >= 11 is 0. The number of carbonyl (C=O) groups is 1. The second-order valence-corrected chi connectivity index (χ2v) is 4.51. The van der Waals surface area contributed by atoms with E-state index >= 15 is 0 Å². The molecule has 0 saturated heterocycles. The van der Waals surface area contributed by atoms with Gasteiger partial charge >= 0.3 is 0 Å². The molecule has 0 unspecified atom stereocenters.